The summed E-state index contributed by atoms with van der Waals surface area (Å²) in [6, 6.07) is 10.5. The van der Waals surface area contributed by atoms with Gasteiger partial charge in [0.05, 0.1) is 20.9 Å². The average Bonchev–Trinajstić information content (AvgIpc) is 3.13. The molecule has 32 heavy (non-hydrogen) atoms. The normalized spacial score (nSPS) is 15.7. The van der Waals surface area contributed by atoms with Gasteiger partial charge in [0.1, 0.15) is 24.3 Å². The lowest BCUT2D eigenvalue weighted by molar-refractivity contribution is 0.0663. The fourth-order valence-corrected chi connectivity index (χ4v) is 4.69. The van der Waals surface area contributed by atoms with Gasteiger partial charge in [0.15, 0.2) is 0 Å². The van der Waals surface area contributed by atoms with Gasteiger partial charge >= 0.3 is 0 Å². The Bertz CT molecular complexity index is 1100. The quantitative estimate of drug-likeness (QED) is 0.451. The molecule has 1 saturated heterocycles. The first-order chi connectivity index (χ1) is 15.4. The molecule has 7 nitrogen and oxygen atoms in total. The van der Waals surface area contributed by atoms with Crippen LogP contribution in [0.4, 0.5) is 20.6 Å². The van der Waals surface area contributed by atoms with Crippen molar-refractivity contribution < 1.29 is 19.0 Å². The van der Waals surface area contributed by atoms with Crippen LogP contribution in [-0.4, -0.2) is 65.7 Å². The number of aliphatic hydroxyl groups excluding tert-OH is 1. The van der Waals surface area contributed by atoms with Crippen LogP contribution in [0, 0.1) is 12.7 Å². The average molecular weight is 477 g/mol. The molecule has 170 valence electrons. The number of amides is 1. The number of hydrogen-bond acceptors (Lipinski definition) is 7. The number of fused-ring (bicyclic) bond motifs is 1. The molecule has 0 aliphatic carbocycles. The number of piperazine rings is 1. The Balaban J connectivity index is 1.24. The van der Waals surface area contributed by atoms with E-state index in [9.17, 15) is 14.3 Å². The zero-order chi connectivity index (χ0) is 22.7. The van der Waals surface area contributed by atoms with Crippen molar-refractivity contribution in [1.82, 2.24) is 9.88 Å². The number of nitrogens with one attached hydrogen (secondary N) is 1. The van der Waals surface area contributed by atoms with Gasteiger partial charge in [0.25, 0.3) is 5.24 Å². The zero-order valence-corrected chi connectivity index (χ0v) is 19.3. The van der Waals surface area contributed by atoms with E-state index in [1.54, 1.807) is 17.4 Å². The van der Waals surface area contributed by atoms with Crippen LogP contribution in [-0.2, 0) is 0 Å². The maximum Gasteiger partial charge on any atom is 0.280 e. The van der Waals surface area contributed by atoms with Crippen LogP contribution in [0.3, 0.4) is 0 Å². The molecular weight excluding hydrogens is 451 g/mol. The molecule has 1 atom stereocenters. The maximum atomic E-state index is 14.2. The molecular formula is C22H25FN4O3S2. The van der Waals surface area contributed by atoms with Crippen molar-refractivity contribution in [2.24, 2.45) is 0 Å². The third kappa shape index (κ3) is 5.69. The first-order valence-electron chi connectivity index (χ1n) is 10.3. The van der Waals surface area contributed by atoms with Crippen molar-refractivity contribution in [3.8, 4) is 5.75 Å². The summed E-state index contributed by atoms with van der Waals surface area (Å²) in [4.78, 5) is 19.7. The Kier molecular flexibility index (Phi) is 7.14. The topological polar surface area (TPSA) is 77.9 Å². The fraction of sp³-hybridized carbons (Fsp3) is 0.364. The van der Waals surface area contributed by atoms with Crippen LogP contribution in [0.5, 0.6) is 5.75 Å². The smallest absolute Gasteiger partial charge is 0.280 e. The summed E-state index contributed by atoms with van der Waals surface area (Å²) in [5, 5.41) is 13.2. The summed E-state index contributed by atoms with van der Waals surface area (Å²) in [6.45, 7) is 5.61. The van der Waals surface area contributed by atoms with Gasteiger partial charge in [-0.3, -0.25) is 9.69 Å². The molecule has 10 heteroatoms. The van der Waals surface area contributed by atoms with E-state index in [0.717, 1.165) is 34.0 Å². The van der Waals surface area contributed by atoms with E-state index in [-0.39, 0.29) is 12.3 Å². The fourth-order valence-electron chi connectivity index (χ4n) is 3.76. The molecule has 4 rings (SSSR count). The highest BCUT2D eigenvalue weighted by Crippen LogP contribution is 2.26. The number of β-amino-alcohol motifs (C(OH)–C–C–N with tert-alkyl or cyclic N) is 1. The standard InChI is InChI=1S/C22H25FN4O3S2/c1-14-24-20-11-17(3-5-21(20)32-14)30-13-16(28)12-26-6-8-27(9-7-26)15-2-4-19(18(23)10-15)25-22(29)31/h2-5,10-11,16,28H,6-9,12-13H2,1H3,(H2,25,29,31). The summed E-state index contributed by atoms with van der Waals surface area (Å²) in [6.07, 6.45) is -0.615. The number of anilines is 2. The Morgan fingerprint density at radius 1 is 1.28 bits per heavy atom. The number of benzene rings is 2. The Hall–Kier alpha value is -2.40. The summed E-state index contributed by atoms with van der Waals surface area (Å²) in [5.74, 6) is 0.206. The van der Waals surface area contributed by atoms with E-state index in [1.165, 1.54) is 12.1 Å². The molecule has 1 fully saturated rings. The van der Waals surface area contributed by atoms with Crippen molar-refractivity contribution >= 4 is 50.8 Å². The van der Waals surface area contributed by atoms with Crippen molar-refractivity contribution in [2.75, 3.05) is 49.5 Å². The molecule has 0 saturated carbocycles. The summed E-state index contributed by atoms with van der Waals surface area (Å²) in [7, 11) is 0. The number of nitrogens with zero attached hydrogens (tertiary/aromatic N) is 3. The van der Waals surface area contributed by atoms with E-state index in [2.05, 4.69) is 32.7 Å². The molecule has 1 unspecified atom stereocenters. The molecule has 3 aromatic rings. The van der Waals surface area contributed by atoms with Crippen LogP contribution >= 0.6 is 24.0 Å². The lowest BCUT2D eigenvalue weighted by Gasteiger charge is -2.37. The van der Waals surface area contributed by atoms with E-state index < -0.39 is 17.2 Å². The molecule has 2 heterocycles. The SMILES string of the molecule is Cc1nc2cc(OCC(O)CN3CCN(c4ccc(NC(=O)S)c(F)c4)CC3)ccc2s1. The maximum absolute atomic E-state index is 14.2. The van der Waals surface area contributed by atoms with Gasteiger partial charge in [-0.1, -0.05) is 12.6 Å². The minimum Gasteiger partial charge on any atom is -0.491 e. The third-order valence-corrected chi connectivity index (χ3v) is 6.37. The Morgan fingerprint density at radius 3 is 2.78 bits per heavy atom. The Labute approximate surface area is 195 Å². The lowest BCUT2D eigenvalue weighted by atomic mass is 10.2. The van der Waals surface area contributed by atoms with Crippen molar-refractivity contribution in [2.45, 2.75) is 13.0 Å². The predicted octanol–water partition coefficient (Wildman–Crippen LogP) is 3.77. The van der Waals surface area contributed by atoms with Gasteiger partial charge in [-0.05, 0) is 37.3 Å². The van der Waals surface area contributed by atoms with E-state index in [0.29, 0.717) is 25.4 Å². The van der Waals surface area contributed by atoms with Crippen LogP contribution in [0.15, 0.2) is 36.4 Å². The number of thiazole rings is 1. The molecule has 1 aliphatic rings. The molecule has 0 bridgehead atoms. The van der Waals surface area contributed by atoms with Crippen molar-refractivity contribution in [3.05, 3.63) is 47.2 Å². The highest BCUT2D eigenvalue weighted by atomic mass is 32.1. The summed E-state index contributed by atoms with van der Waals surface area (Å²) < 4.78 is 21.1. The number of aliphatic hydroxyl groups is 1. The predicted molar refractivity (Wildman–Crippen MR) is 129 cm³/mol. The number of ether oxygens (including phenoxy) is 1. The van der Waals surface area contributed by atoms with Gasteiger partial charge in [-0.2, -0.15) is 0 Å². The summed E-state index contributed by atoms with van der Waals surface area (Å²) in [5.41, 5.74) is 1.78. The monoisotopic (exact) mass is 476 g/mol. The highest BCUT2D eigenvalue weighted by molar-refractivity contribution is 7.96. The Morgan fingerprint density at radius 2 is 2.06 bits per heavy atom. The zero-order valence-electron chi connectivity index (χ0n) is 17.6. The summed E-state index contributed by atoms with van der Waals surface area (Å²) >= 11 is 5.25. The van der Waals surface area contributed by atoms with Gasteiger partial charge in [-0.25, -0.2) is 9.37 Å². The minimum absolute atomic E-state index is 0.111. The van der Waals surface area contributed by atoms with Gasteiger partial charge < -0.3 is 20.1 Å². The number of carbonyl (C=O) groups excluding carboxylic acids is 1. The number of aromatic nitrogens is 1. The van der Waals surface area contributed by atoms with Crippen molar-refractivity contribution in [3.63, 3.8) is 0 Å². The van der Waals surface area contributed by atoms with Crippen LogP contribution in [0.1, 0.15) is 5.01 Å². The molecule has 1 amide bonds. The van der Waals surface area contributed by atoms with Crippen LogP contribution in [0.2, 0.25) is 0 Å². The first kappa shape index (κ1) is 22.8. The van der Waals surface area contributed by atoms with Crippen molar-refractivity contribution in [1.29, 1.82) is 0 Å². The molecule has 0 radical (unpaired) electrons. The second-order valence-corrected chi connectivity index (χ2v) is 9.35. The second kappa shape index (κ2) is 10.0. The number of thiol groups is 1. The minimum atomic E-state index is -0.615. The number of rotatable bonds is 7. The van der Waals surface area contributed by atoms with Crippen LogP contribution < -0.4 is 15.0 Å². The molecule has 1 aliphatic heterocycles. The van der Waals surface area contributed by atoms with E-state index in [1.807, 2.05) is 25.1 Å². The largest absolute Gasteiger partial charge is 0.491 e. The van der Waals surface area contributed by atoms with Gasteiger partial charge in [-0.15, -0.1) is 11.3 Å². The van der Waals surface area contributed by atoms with Crippen LogP contribution in [0.25, 0.3) is 10.2 Å². The number of hydrogen-bond donors (Lipinski definition) is 3. The number of aryl methyl sites for hydroxylation is 1. The molecule has 0 spiro atoms. The highest BCUT2D eigenvalue weighted by Gasteiger charge is 2.21. The number of halogens is 1. The second-order valence-electron chi connectivity index (χ2n) is 7.71. The molecule has 2 aromatic carbocycles. The molecule has 1 aromatic heterocycles. The van der Waals surface area contributed by atoms with Gasteiger partial charge in [0, 0.05) is 44.5 Å². The van der Waals surface area contributed by atoms with Gasteiger partial charge in [0.2, 0.25) is 0 Å². The lowest BCUT2D eigenvalue weighted by Crippen LogP contribution is -2.49. The first-order valence-corrected chi connectivity index (χ1v) is 11.6. The van der Waals surface area contributed by atoms with E-state index in [4.69, 9.17) is 4.74 Å². The van der Waals surface area contributed by atoms with E-state index >= 15 is 0 Å². The molecule has 2 N–H and O–H groups in total. The number of carbonyl (C=O) groups is 1. The third-order valence-electron chi connectivity index (χ3n) is 5.31.